The standard InChI is InChI=1S/C21H21N5O/c1-15-8-6-9-16(2)20(15)26-21(23-24-25-26)19(17-10-4-3-5-11-17)22-14-18-12-7-13-27-18/h3-13,19,22H,14H2,1-2H3/t19-/m0/s1. The van der Waals surface area contributed by atoms with Crippen molar-refractivity contribution in [2.24, 2.45) is 0 Å². The van der Waals surface area contributed by atoms with Crippen molar-refractivity contribution in [3.05, 3.63) is 95.2 Å². The van der Waals surface area contributed by atoms with Crippen molar-refractivity contribution >= 4 is 0 Å². The van der Waals surface area contributed by atoms with Gasteiger partial charge in [-0.25, -0.2) is 0 Å². The highest BCUT2D eigenvalue weighted by Crippen LogP contribution is 2.25. The van der Waals surface area contributed by atoms with Crippen LogP contribution in [0.3, 0.4) is 0 Å². The molecule has 4 aromatic rings. The highest BCUT2D eigenvalue weighted by atomic mass is 16.3. The fourth-order valence-corrected chi connectivity index (χ4v) is 3.29. The van der Waals surface area contributed by atoms with Crippen LogP contribution in [0.2, 0.25) is 0 Å². The first-order valence-electron chi connectivity index (χ1n) is 8.89. The Labute approximate surface area is 157 Å². The summed E-state index contributed by atoms with van der Waals surface area (Å²) in [5.41, 5.74) is 4.35. The molecule has 27 heavy (non-hydrogen) atoms. The van der Waals surface area contributed by atoms with Crippen molar-refractivity contribution in [3.8, 4) is 5.69 Å². The molecule has 0 bridgehead atoms. The van der Waals surface area contributed by atoms with Crippen molar-refractivity contribution < 1.29 is 4.42 Å². The Hall–Kier alpha value is -3.25. The fraction of sp³-hybridized carbons (Fsp3) is 0.190. The van der Waals surface area contributed by atoms with E-state index in [9.17, 15) is 0 Å². The Morgan fingerprint density at radius 1 is 0.963 bits per heavy atom. The van der Waals surface area contributed by atoms with Crippen LogP contribution in [0.1, 0.15) is 34.3 Å². The number of hydrogen-bond donors (Lipinski definition) is 1. The number of benzene rings is 2. The van der Waals surface area contributed by atoms with Gasteiger partial charge in [-0.3, -0.25) is 5.32 Å². The molecule has 4 rings (SSSR count). The van der Waals surface area contributed by atoms with Crippen LogP contribution >= 0.6 is 0 Å². The number of furan rings is 1. The van der Waals surface area contributed by atoms with Gasteiger partial charge in [0.15, 0.2) is 5.82 Å². The minimum atomic E-state index is -0.176. The van der Waals surface area contributed by atoms with Crippen LogP contribution in [0.25, 0.3) is 5.69 Å². The zero-order chi connectivity index (χ0) is 18.6. The molecule has 0 saturated carbocycles. The molecular weight excluding hydrogens is 338 g/mol. The molecule has 1 atom stereocenters. The summed E-state index contributed by atoms with van der Waals surface area (Å²) in [6.45, 7) is 4.72. The summed E-state index contributed by atoms with van der Waals surface area (Å²) in [7, 11) is 0. The van der Waals surface area contributed by atoms with Crippen LogP contribution in [-0.2, 0) is 6.54 Å². The number of tetrazole rings is 1. The second kappa shape index (κ2) is 7.55. The molecule has 6 nitrogen and oxygen atoms in total. The highest BCUT2D eigenvalue weighted by molar-refractivity contribution is 5.47. The molecule has 1 N–H and O–H groups in total. The van der Waals surface area contributed by atoms with E-state index in [0.717, 1.165) is 34.0 Å². The van der Waals surface area contributed by atoms with E-state index in [1.54, 1.807) is 6.26 Å². The fourth-order valence-electron chi connectivity index (χ4n) is 3.29. The number of nitrogens with one attached hydrogen (secondary N) is 1. The molecular formula is C21H21N5O. The van der Waals surface area contributed by atoms with E-state index >= 15 is 0 Å². The molecule has 2 aromatic heterocycles. The Balaban J connectivity index is 1.76. The van der Waals surface area contributed by atoms with Crippen molar-refractivity contribution in [1.29, 1.82) is 0 Å². The van der Waals surface area contributed by atoms with Crippen LogP contribution in [0, 0.1) is 13.8 Å². The monoisotopic (exact) mass is 359 g/mol. The molecule has 0 radical (unpaired) electrons. The van der Waals surface area contributed by atoms with Gasteiger partial charge in [0.05, 0.1) is 24.5 Å². The first kappa shape index (κ1) is 17.2. The van der Waals surface area contributed by atoms with Crippen LogP contribution < -0.4 is 5.32 Å². The number of rotatable bonds is 6. The molecule has 0 saturated heterocycles. The van der Waals surface area contributed by atoms with Gasteiger partial charge in [0.25, 0.3) is 0 Å². The first-order valence-corrected chi connectivity index (χ1v) is 8.89. The Bertz CT molecular complexity index is 988. The van der Waals surface area contributed by atoms with E-state index < -0.39 is 0 Å². The van der Waals surface area contributed by atoms with E-state index in [1.807, 2.05) is 41.1 Å². The van der Waals surface area contributed by atoms with E-state index in [4.69, 9.17) is 4.42 Å². The topological polar surface area (TPSA) is 68.8 Å². The van der Waals surface area contributed by atoms with Crippen LogP contribution in [0.15, 0.2) is 71.3 Å². The molecule has 6 heteroatoms. The summed E-state index contributed by atoms with van der Waals surface area (Å²) < 4.78 is 7.30. The quantitative estimate of drug-likeness (QED) is 0.568. The van der Waals surface area contributed by atoms with Gasteiger partial charge in [0.1, 0.15) is 5.76 Å². The Morgan fingerprint density at radius 3 is 2.44 bits per heavy atom. The third kappa shape index (κ3) is 3.52. The van der Waals surface area contributed by atoms with Gasteiger partial charge >= 0.3 is 0 Å². The average molecular weight is 359 g/mol. The summed E-state index contributed by atoms with van der Waals surface area (Å²) in [4.78, 5) is 0. The van der Waals surface area contributed by atoms with Crippen LogP contribution in [-0.4, -0.2) is 20.2 Å². The van der Waals surface area contributed by atoms with E-state index in [-0.39, 0.29) is 6.04 Å². The summed E-state index contributed by atoms with van der Waals surface area (Å²) in [6.07, 6.45) is 1.68. The number of hydrogen-bond acceptors (Lipinski definition) is 5. The molecule has 0 aliphatic carbocycles. The second-order valence-corrected chi connectivity index (χ2v) is 6.49. The van der Waals surface area contributed by atoms with E-state index in [2.05, 4.69) is 59.0 Å². The molecule has 2 aromatic carbocycles. The van der Waals surface area contributed by atoms with Gasteiger partial charge in [-0.1, -0.05) is 48.5 Å². The summed E-state index contributed by atoms with van der Waals surface area (Å²) >= 11 is 0. The zero-order valence-electron chi connectivity index (χ0n) is 15.3. The average Bonchev–Trinajstić information content (AvgIpc) is 3.35. The predicted molar refractivity (Wildman–Crippen MR) is 102 cm³/mol. The maximum Gasteiger partial charge on any atom is 0.178 e. The molecule has 0 spiro atoms. The Morgan fingerprint density at radius 2 is 1.74 bits per heavy atom. The number of nitrogens with zero attached hydrogens (tertiary/aromatic N) is 4. The van der Waals surface area contributed by atoms with Gasteiger partial charge in [-0.15, -0.1) is 5.10 Å². The van der Waals surface area contributed by atoms with Crippen molar-refractivity contribution in [2.75, 3.05) is 0 Å². The van der Waals surface area contributed by atoms with E-state index in [1.165, 1.54) is 0 Å². The molecule has 0 aliphatic rings. The maximum absolute atomic E-state index is 5.47. The maximum atomic E-state index is 5.47. The van der Waals surface area contributed by atoms with E-state index in [0.29, 0.717) is 6.54 Å². The lowest BCUT2D eigenvalue weighted by molar-refractivity contribution is 0.459. The van der Waals surface area contributed by atoms with Gasteiger partial charge in [0.2, 0.25) is 0 Å². The number of aromatic nitrogens is 4. The number of aryl methyl sites for hydroxylation is 2. The molecule has 136 valence electrons. The van der Waals surface area contributed by atoms with Gasteiger partial charge in [-0.05, 0) is 53.1 Å². The predicted octanol–water partition coefficient (Wildman–Crippen LogP) is 3.75. The summed E-state index contributed by atoms with van der Waals surface area (Å²) in [6, 6.07) is 20.0. The molecule has 0 fully saturated rings. The van der Waals surface area contributed by atoms with Gasteiger partial charge in [0, 0.05) is 0 Å². The lowest BCUT2D eigenvalue weighted by atomic mass is 10.0. The van der Waals surface area contributed by atoms with Crippen molar-refractivity contribution in [3.63, 3.8) is 0 Å². The smallest absolute Gasteiger partial charge is 0.178 e. The molecule has 0 aliphatic heterocycles. The van der Waals surface area contributed by atoms with Crippen molar-refractivity contribution in [1.82, 2.24) is 25.5 Å². The van der Waals surface area contributed by atoms with Crippen LogP contribution in [0.4, 0.5) is 0 Å². The summed E-state index contributed by atoms with van der Waals surface area (Å²) in [5, 5.41) is 16.2. The second-order valence-electron chi connectivity index (χ2n) is 6.49. The molecule has 2 heterocycles. The highest BCUT2D eigenvalue weighted by Gasteiger charge is 2.23. The minimum Gasteiger partial charge on any atom is -0.468 e. The minimum absolute atomic E-state index is 0.176. The lowest BCUT2D eigenvalue weighted by Gasteiger charge is -2.19. The van der Waals surface area contributed by atoms with Gasteiger partial charge in [-0.2, -0.15) is 4.68 Å². The number of para-hydroxylation sites is 1. The van der Waals surface area contributed by atoms with Crippen LogP contribution in [0.5, 0.6) is 0 Å². The third-order valence-electron chi connectivity index (χ3n) is 4.60. The Kier molecular flexibility index (Phi) is 4.80. The normalized spacial score (nSPS) is 12.2. The first-order chi connectivity index (χ1) is 13.2. The molecule has 0 amide bonds. The lowest BCUT2D eigenvalue weighted by Crippen LogP contribution is -2.25. The van der Waals surface area contributed by atoms with Gasteiger partial charge < -0.3 is 4.42 Å². The SMILES string of the molecule is Cc1cccc(C)c1-n1nnnc1[C@@H](NCc1ccco1)c1ccccc1. The largest absolute Gasteiger partial charge is 0.468 e. The molecule has 0 unspecified atom stereocenters. The summed E-state index contributed by atoms with van der Waals surface area (Å²) in [5.74, 6) is 1.60. The van der Waals surface area contributed by atoms with Crippen molar-refractivity contribution in [2.45, 2.75) is 26.4 Å². The zero-order valence-corrected chi connectivity index (χ0v) is 15.3. The third-order valence-corrected chi connectivity index (χ3v) is 4.60.